The first kappa shape index (κ1) is 16.0. The van der Waals surface area contributed by atoms with E-state index in [1.165, 1.54) is 19.3 Å². The molecular formula is C16H23ClO2. The van der Waals surface area contributed by atoms with Crippen molar-refractivity contribution in [2.24, 2.45) is 5.92 Å². The fourth-order valence-corrected chi connectivity index (χ4v) is 2.45. The Morgan fingerprint density at radius 2 is 1.89 bits per heavy atom. The molecule has 2 nitrogen and oxygen atoms in total. The molecule has 1 atom stereocenters. The predicted molar refractivity (Wildman–Crippen MR) is 79.7 cm³/mol. The molecule has 0 saturated carbocycles. The van der Waals surface area contributed by atoms with Gasteiger partial charge < -0.3 is 5.11 Å². The standard InChI is InChI=1S/C16H23ClO2/c1-2-3-4-5-6-10-14(16(18)19)12-13-9-7-8-11-15(13)17/h7-9,11,14H,2-6,10,12H2,1H3,(H,18,19). The van der Waals surface area contributed by atoms with E-state index in [1.807, 2.05) is 24.3 Å². The molecule has 0 aliphatic carbocycles. The van der Waals surface area contributed by atoms with Crippen LogP contribution in [-0.2, 0) is 11.2 Å². The van der Waals surface area contributed by atoms with Gasteiger partial charge in [0.05, 0.1) is 5.92 Å². The smallest absolute Gasteiger partial charge is 0.306 e. The van der Waals surface area contributed by atoms with Crippen LogP contribution < -0.4 is 0 Å². The SMILES string of the molecule is CCCCCCCC(Cc1ccccc1Cl)C(=O)O. The summed E-state index contributed by atoms with van der Waals surface area (Å²) in [6.45, 7) is 2.18. The molecule has 0 aromatic heterocycles. The Labute approximate surface area is 120 Å². The Morgan fingerprint density at radius 1 is 1.21 bits per heavy atom. The summed E-state index contributed by atoms with van der Waals surface area (Å²) >= 11 is 6.08. The Bertz CT molecular complexity index is 390. The van der Waals surface area contributed by atoms with E-state index in [4.69, 9.17) is 11.6 Å². The summed E-state index contributed by atoms with van der Waals surface area (Å²) in [4.78, 5) is 11.3. The first-order valence-corrected chi connectivity index (χ1v) is 7.49. The number of benzene rings is 1. The largest absolute Gasteiger partial charge is 0.481 e. The molecule has 0 amide bonds. The lowest BCUT2D eigenvalue weighted by atomic mass is 9.93. The highest BCUT2D eigenvalue weighted by molar-refractivity contribution is 6.31. The van der Waals surface area contributed by atoms with Gasteiger partial charge in [0.1, 0.15) is 0 Å². The van der Waals surface area contributed by atoms with Gasteiger partial charge in [-0.15, -0.1) is 0 Å². The van der Waals surface area contributed by atoms with Crippen LogP contribution in [0.5, 0.6) is 0 Å². The zero-order valence-corrected chi connectivity index (χ0v) is 12.3. The van der Waals surface area contributed by atoms with Crippen molar-refractivity contribution in [3.63, 3.8) is 0 Å². The molecule has 106 valence electrons. The molecule has 0 fully saturated rings. The quantitative estimate of drug-likeness (QED) is 0.651. The molecule has 1 aromatic rings. The fraction of sp³-hybridized carbons (Fsp3) is 0.562. The van der Waals surface area contributed by atoms with E-state index in [-0.39, 0.29) is 5.92 Å². The maximum atomic E-state index is 11.3. The Kier molecular flexibility index (Phi) is 7.57. The number of rotatable bonds is 9. The summed E-state index contributed by atoms with van der Waals surface area (Å²) in [5, 5.41) is 9.95. The van der Waals surface area contributed by atoms with Gasteiger partial charge in [-0.25, -0.2) is 0 Å². The van der Waals surface area contributed by atoms with E-state index in [0.29, 0.717) is 11.4 Å². The molecule has 0 heterocycles. The number of aliphatic carboxylic acids is 1. The van der Waals surface area contributed by atoms with Crippen LogP contribution in [0.3, 0.4) is 0 Å². The van der Waals surface area contributed by atoms with Crippen molar-refractivity contribution in [2.45, 2.75) is 51.9 Å². The van der Waals surface area contributed by atoms with Gasteiger partial charge in [-0.1, -0.05) is 68.8 Å². The highest BCUT2D eigenvalue weighted by atomic mass is 35.5. The fourth-order valence-electron chi connectivity index (χ4n) is 2.24. The van der Waals surface area contributed by atoms with Gasteiger partial charge in [0.2, 0.25) is 0 Å². The van der Waals surface area contributed by atoms with Gasteiger partial charge in [0.15, 0.2) is 0 Å². The molecule has 0 saturated heterocycles. The minimum absolute atomic E-state index is 0.318. The van der Waals surface area contributed by atoms with Crippen molar-refractivity contribution in [3.05, 3.63) is 34.9 Å². The summed E-state index contributed by atoms with van der Waals surface area (Å²) in [6, 6.07) is 7.50. The van der Waals surface area contributed by atoms with E-state index in [2.05, 4.69) is 6.92 Å². The summed E-state index contributed by atoms with van der Waals surface area (Å²) in [6.07, 6.45) is 7.04. The zero-order valence-electron chi connectivity index (χ0n) is 11.6. The molecule has 0 radical (unpaired) electrons. The molecule has 1 aromatic carbocycles. The molecule has 1 rings (SSSR count). The van der Waals surface area contributed by atoms with E-state index >= 15 is 0 Å². The first-order valence-electron chi connectivity index (χ1n) is 7.11. The second kappa shape index (κ2) is 8.98. The molecular weight excluding hydrogens is 260 g/mol. The lowest BCUT2D eigenvalue weighted by Gasteiger charge is -2.13. The van der Waals surface area contributed by atoms with Crippen LogP contribution in [0.15, 0.2) is 24.3 Å². The highest BCUT2D eigenvalue weighted by Crippen LogP contribution is 2.22. The summed E-state index contributed by atoms with van der Waals surface area (Å²) < 4.78 is 0. The van der Waals surface area contributed by atoms with Crippen molar-refractivity contribution >= 4 is 17.6 Å². The molecule has 3 heteroatoms. The number of carboxylic acids is 1. The van der Waals surface area contributed by atoms with Gasteiger partial charge >= 0.3 is 5.97 Å². The van der Waals surface area contributed by atoms with Crippen molar-refractivity contribution < 1.29 is 9.90 Å². The lowest BCUT2D eigenvalue weighted by molar-refractivity contribution is -0.142. The third-order valence-corrected chi connectivity index (χ3v) is 3.80. The van der Waals surface area contributed by atoms with Gasteiger partial charge in [0.25, 0.3) is 0 Å². The highest BCUT2D eigenvalue weighted by Gasteiger charge is 2.18. The lowest BCUT2D eigenvalue weighted by Crippen LogP contribution is -2.16. The van der Waals surface area contributed by atoms with Gasteiger partial charge in [-0.05, 0) is 24.5 Å². The third kappa shape index (κ3) is 6.11. The van der Waals surface area contributed by atoms with Crippen molar-refractivity contribution in [1.29, 1.82) is 0 Å². The molecule has 0 spiro atoms. The number of hydrogen-bond donors (Lipinski definition) is 1. The van der Waals surface area contributed by atoms with Gasteiger partial charge in [-0.3, -0.25) is 4.79 Å². The number of unbranched alkanes of at least 4 members (excludes halogenated alkanes) is 4. The topological polar surface area (TPSA) is 37.3 Å². The van der Waals surface area contributed by atoms with Crippen molar-refractivity contribution in [3.8, 4) is 0 Å². The van der Waals surface area contributed by atoms with Crippen LogP contribution in [-0.4, -0.2) is 11.1 Å². The number of halogens is 1. The summed E-state index contributed by atoms with van der Waals surface area (Å²) in [7, 11) is 0. The molecule has 0 bridgehead atoms. The summed E-state index contributed by atoms with van der Waals surface area (Å²) in [5.74, 6) is -1.03. The maximum Gasteiger partial charge on any atom is 0.306 e. The van der Waals surface area contributed by atoms with E-state index < -0.39 is 5.97 Å². The van der Waals surface area contributed by atoms with E-state index in [1.54, 1.807) is 0 Å². The average molecular weight is 283 g/mol. The van der Waals surface area contributed by atoms with Crippen LogP contribution in [0, 0.1) is 5.92 Å². The van der Waals surface area contributed by atoms with Crippen LogP contribution in [0.2, 0.25) is 5.02 Å². The Hall–Kier alpha value is -1.02. The molecule has 19 heavy (non-hydrogen) atoms. The second-order valence-electron chi connectivity index (χ2n) is 5.03. The molecule has 0 aliphatic heterocycles. The van der Waals surface area contributed by atoms with Crippen LogP contribution >= 0.6 is 11.6 Å². The van der Waals surface area contributed by atoms with Crippen LogP contribution in [0.1, 0.15) is 51.0 Å². The number of hydrogen-bond acceptors (Lipinski definition) is 1. The van der Waals surface area contributed by atoms with Crippen LogP contribution in [0.4, 0.5) is 0 Å². The third-order valence-electron chi connectivity index (χ3n) is 3.43. The van der Waals surface area contributed by atoms with Crippen LogP contribution in [0.25, 0.3) is 0 Å². The molecule has 0 aliphatic rings. The van der Waals surface area contributed by atoms with Gasteiger partial charge in [0, 0.05) is 5.02 Å². The van der Waals surface area contributed by atoms with E-state index in [9.17, 15) is 9.90 Å². The van der Waals surface area contributed by atoms with Gasteiger partial charge in [-0.2, -0.15) is 0 Å². The Balaban J connectivity index is 2.45. The minimum Gasteiger partial charge on any atom is -0.481 e. The summed E-state index contributed by atoms with van der Waals surface area (Å²) in [5.41, 5.74) is 0.935. The normalized spacial score (nSPS) is 12.3. The number of carbonyl (C=O) groups is 1. The van der Waals surface area contributed by atoms with Crippen molar-refractivity contribution in [1.82, 2.24) is 0 Å². The predicted octanol–water partition coefficient (Wildman–Crippen LogP) is 4.94. The minimum atomic E-state index is -0.713. The monoisotopic (exact) mass is 282 g/mol. The zero-order chi connectivity index (χ0) is 14.1. The van der Waals surface area contributed by atoms with Crippen molar-refractivity contribution in [2.75, 3.05) is 0 Å². The molecule has 1 N–H and O–H groups in total. The average Bonchev–Trinajstić information content (AvgIpc) is 2.39. The maximum absolute atomic E-state index is 11.3. The van der Waals surface area contributed by atoms with E-state index in [0.717, 1.165) is 24.8 Å². The second-order valence-corrected chi connectivity index (χ2v) is 5.44. The Morgan fingerprint density at radius 3 is 2.53 bits per heavy atom. The number of carboxylic acid groups (broad SMARTS) is 1. The molecule has 1 unspecified atom stereocenters. The first-order chi connectivity index (χ1) is 9.15.